The normalized spacial score (nSPS) is 11.1. The van der Waals surface area contributed by atoms with Crippen LogP contribution in [0.2, 0.25) is 0 Å². The summed E-state index contributed by atoms with van der Waals surface area (Å²) >= 11 is 4.57. The quantitative estimate of drug-likeness (QED) is 0.541. The molecule has 1 aromatic carbocycles. The number of carboxylic acid groups (broad SMARTS) is 1. The zero-order chi connectivity index (χ0) is 17.6. The first kappa shape index (κ1) is 15.9. The van der Waals surface area contributed by atoms with E-state index in [0.29, 0.717) is 32.1 Å². The number of aromatic carboxylic acids is 1. The Kier molecular flexibility index (Phi) is 3.81. The van der Waals surface area contributed by atoms with Gasteiger partial charge in [-0.05, 0) is 18.2 Å². The highest BCUT2D eigenvalue weighted by atomic mass is 79.9. The van der Waals surface area contributed by atoms with E-state index in [0.717, 1.165) is 0 Å². The van der Waals surface area contributed by atoms with Gasteiger partial charge in [-0.2, -0.15) is 5.10 Å². The topological polar surface area (TPSA) is 80.4 Å². The molecule has 0 atom stereocenters. The first-order valence-corrected chi connectivity index (χ1v) is 8.69. The standard InChI is InChI=1S/C16H8BrFN4O2S/c17-8-1-2-9(10(18)5-8)11-7-14-20-12(16(23)24)6-13(22(14)21-11)15-19-3-4-25-15/h1-7H,(H,23,24). The number of carbonyl (C=O) groups is 1. The second-order valence-corrected chi connectivity index (χ2v) is 6.90. The molecule has 0 saturated carbocycles. The van der Waals surface area contributed by atoms with Gasteiger partial charge >= 0.3 is 5.97 Å². The van der Waals surface area contributed by atoms with Gasteiger partial charge in [0.15, 0.2) is 11.3 Å². The summed E-state index contributed by atoms with van der Waals surface area (Å²) in [7, 11) is 0. The number of aromatic nitrogens is 4. The average Bonchev–Trinajstić information content (AvgIpc) is 3.23. The SMILES string of the molecule is O=C(O)c1cc(-c2nccs2)n2nc(-c3ccc(Br)cc3F)cc2n1. The van der Waals surface area contributed by atoms with Crippen LogP contribution in [-0.4, -0.2) is 30.7 Å². The molecule has 0 aliphatic heterocycles. The molecule has 0 aliphatic carbocycles. The van der Waals surface area contributed by atoms with Gasteiger partial charge in [0.2, 0.25) is 0 Å². The molecule has 0 spiro atoms. The van der Waals surface area contributed by atoms with Gasteiger partial charge in [-0.3, -0.25) is 0 Å². The zero-order valence-electron chi connectivity index (χ0n) is 12.3. The van der Waals surface area contributed by atoms with E-state index in [4.69, 9.17) is 0 Å². The number of thiazole rings is 1. The number of halogens is 2. The third-order valence-corrected chi connectivity index (χ3v) is 4.79. The summed E-state index contributed by atoms with van der Waals surface area (Å²) in [5.74, 6) is -1.59. The van der Waals surface area contributed by atoms with E-state index in [1.54, 1.807) is 29.8 Å². The van der Waals surface area contributed by atoms with Crippen LogP contribution in [0.25, 0.3) is 27.6 Å². The predicted octanol–water partition coefficient (Wildman–Crippen LogP) is 4.12. The molecule has 124 valence electrons. The van der Waals surface area contributed by atoms with Crippen molar-refractivity contribution in [2.45, 2.75) is 0 Å². The highest BCUT2D eigenvalue weighted by molar-refractivity contribution is 9.10. The van der Waals surface area contributed by atoms with Crippen molar-refractivity contribution in [1.82, 2.24) is 19.6 Å². The van der Waals surface area contributed by atoms with Crippen LogP contribution < -0.4 is 0 Å². The van der Waals surface area contributed by atoms with E-state index in [1.807, 2.05) is 0 Å². The van der Waals surface area contributed by atoms with Gasteiger partial charge in [0.1, 0.15) is 16.5 Å². The molecular formula is C16H8BrFN4O2S. The average molecular weight is 419 g/mol. The summed E-state index contributed by atoms with van der Waals surface area (Å²) in [4.78, 5) is 19.7. The lowest BCUT2D eigenvalue weighted by atomic mass is 10.1. The van der Waals surface area contributed by atoms with Crippen molar-refractivity contribution in [2.75, 3.05) is 0 Å². The molecule has 6 nitrogen and oxygen atoms in total. The summed E-state index contributed by atoms with van der Waals surface area (Å²) in [6.45, 7) is 0. The molecular weight excluding hydrogens is 411 g/mol. The van der Waals surface area contributed by atoms with Crippen LogP contribution in [0, 0.1) is 5.82 Å². The lowest BCUT2D eigenvalue weighted by molar-refractivity contribution is 0.0690. The number of benzene rings is 1. The van der Waals surface area contributed by atoms with Crippen LogP contribution >= 0.6 is 27.3 Å². The molecule has 1 N–H and O–H groups in total. The lowest BCUT2D eigenvalue weighted by Gasteiger charge is -2.03. The van der Waals surface area contributed by atoms with Crippen molar-refractivity contribution >= 4 is 38.9 Å². The van der Waals surface area contributed by atoms with Crippen LogP contribution in [0.5, 0.6) is 0 Å². The van der Waals surface area contributed by atoms with Crippen molar-refractivity contribution in [3.63, 3.8) is 0 Å². The summed E-state index contributed by atoms with van der Waals surface area (Å²) in [6.07, 6.45) is 1.62. The maximum atomic E-state index is 14.2. The molecule has 3 aromatic heterocycles. The third kappa shape index (κ3) is 2.81. The molecule has 0 saturated heterocycles. The van der Waals surface area contributed by atoms with Crippen molar-refractivity contribution in [3.8, 4) is 22.0 Å². The molecule has 3 heterocycles. The molecule has 0 amide bonds. The van der Waals surface area contributed by atoms with E-state index in [-0.39, 0.29) is 5.69 Å². The molecule has 0 aliphatic rings. The fourth-order valence-electron chi connectivity index (χ4n) is 2.42. The molecule has 0 fully saturated rings. The molecule has 25 heavy (non-hydrogen) atoms. The fourth-order valence-corrected chi connectivity index (χ4v) is 3.39. The maximum Gasteiger partial charge on any atom is 0.354 e. The first-order valence-electron chi connectivity index (χ1n) is 7.02. The van der Waals surface area contributed by atoms with Gasteiger partial charge in [-0.15, -0.1) is 11.3 Å². The molecule has 0 bridgehead atoms. The van der Waals surface area contributed by atoms with E-state index in [9.17, 15) is 14.3 Å². The minimum absolute atomic E-state index is 0.125. The number of hydrogen-bond acceptors (Lipinski definition) is 5. The highest BCUT2D eigenvalue weighted by Crippen LogP contribution is 2.28. The van der Waals surface area contributed by atoms with E-state index in [1.165, 1.54) is 28.0 Å². The number of hydrogen-bond donors (Lipinski definition) is 1. The first-order chi connectivity index (χ1) is 12.0. The van der Waals surface area contributed by atoms with Gasteiger partial charge in [0, 0.05) is 33.7 Å². The molecule has 4 rings (SSSR count). The number of fused-ring (bicyclic) bond motifs is 1. The third-order valence-electron chi connectivity index (χ3n) is 3.50. The Labute approximate surface area is 152 Å². The van der Waals surface area contributed by atoms with Crippen molar-refractivity contribution in [1.29, 1.82) is 0 Å². The molecule has 9 heteroatoms. The van der Waals surface area contributed by atoms with Crippen molar-refractivity contribution in [2.24, 2.45) is 0 Å². The van der Waals surface area contributed by atoms with Crippen LogP contribution in [0.1, 0.15) is 10.5 Å². The predicted molar refractivity (Wildman–Crippen MR) is 94.1 cm³/mol. The largest absolute Gasteiger partial charge is 0.477 e. The van der Waals surface area contributed by atoms with Crippen molar-refractivity contribution < 1.29 is 14.3 Å². The summed E-state index contributed by atoms with van der Waals surface area (Å²) in [6, 6.07) is 7.61. The number of carboxylic acids is 1. The van der Waals surface area contributed by atoms with Gasteiger partial charge in [-0.25, -0.2) is 23.7 Å². The Morgan fingerprint density at radius 1 is 1.28 bits per heavy atom. The van der Waals surface area contributed by atoms with Crippen LogP contribution in [0.4, 0.5) is 4.39 Å². The molecule has 0 unspecified atom stereocenters. The van der Waals surface area contributed by atoms with Gasteiger partial charge in [0.05, 0.1) is 5.69 Å². The minimum atomic E-state index is -1.15. The minimum Gasteiger partial charge on any atom is -0.477 e. The second kappa shape index (κ2) is 6.01. The Hall–Kier alpha value is -2.65. The summed E-state index contributed by atoms with van der Waals surface area (Å²) in [5.41, 5.74) is 1.33. The Morgan fingerprint density at radius 2 is 2.12 bits per heavy atom. The van der Waals surface area contributed by atoms with Crippen LogP contribution in [-0.2, 0) is 0 Å². The van der Waals surface area contributed by atoms with E-state index < -0.39 is 11.8 Å². The maximum absolute atomic E-state index is 14.2. The Balaban J connectivity index is 1.98. The van der Waals surface area contributed by atoms with Crippen LogP contribution in [0.3, 0.4) is 0 Å². The van der Waals surface area contributed by atoms with Gasteiger partial charge < -0.3 is 5.11 Å². The number of rotatable bonds is 3. The monoisotopic (exact) mass is 418 g/mol. The lowest BCUT2D eigenvalue weighted by Crippen LogP contribution is -2.05. The second-order valence-electron chi connectivity index (χ2n) is 5.09. The summed E-state index contributed by atoms with van der Waals surface area (Å²) < 4.78 is 16.3. The highest BCUT2D eigenvalue weighted by Gasteiger charge is 2.18. The van der Waals surface area contributed by atoms with E-state index in [2.05, 4.69) is 31.0 Å². The Bertz CT molecular complexity index is 1110. The van der Waals surface area contributed by atoms with Crippen LogP contribution in [0.15, 0.2) is 46.4 Å². The molecule has 4 aromatic rings. The summed E-state index contributed by atoms with van der Waals surface area (Å²) in [5, 5.41) is 16.1. The van der Waals surface area contributed by atoms with E-state index >= 15 is 0 Å². The van der Waals surface area contributed by atoms with Gasteiger partial charge in [0.25, 0.3) is 0 Å². The Morgan fingerprint density at radius 3 is 2.80 bits per heavy atom. The smallest absolute Gasteiger partial charge is 0.354 e. The van der Waals surface area contributed by atoms with Gasteiger partial charge in [-0.1, -0.05) is 15.9 Å². The zero-order valence-corrected chi connectivity index (χ0v) is 14.8. The molecule has 0 radical (unpaired) electrons. The van der Waals surface area contributed by atoms with Crippen molar-refractivity contribution in [3.05, 3.63) is 57.9 Å². The fraction of sp³-hybridized carbons (Fsp3) is 0. The number of nitrogens with zero attached hydrogens (tertiary/aromatic N) is 4.